The fourth-order valence-corrected chi connectivity index (χ4v) is 3.11. The normalized spacial score (nSPS) is 11.2. The molecular weight excluding hydrogens is 398 g/mol. The lowest BCUT2D eigenvalue weighted by Crippen LogP contribution is -1.99. The summed E-state index contributed by atoms with van der Waals surface area (Å²) in [4.78, 5) is 8.85. The van der Waals surface area contributed by atoms with E-state index in [2.05, 4.69) is 36.4 Å². The number of benzene rings is 2. The lowest BCUT2D eigenvalue weighted by atomic mass is 9.96. The Morgan fingerprint density at radius 1 is 1.14 bits per heavy atom. The minimum atomic E-state index is -0.198. The number of hydrogen-bond acceptors (Lipinski definition) is 3. The van der Waals surface area contributed by atoms with Gasteiger partial charge in [0.2, 0.25) is 0 Å². The average molecular weight is 416 g/mol. The Labute approximate surface area is 140 Å². The van der Waals surface area contributed by atoms with Crippen LogP contribution in [0.4, 0.5) is 0 Å². The van der Waals surface area contributed by atoms with Gasteiger partial charge in [0.05, 0.1) is 3.57 Å². The molecule has 0 aromatic heterocycles. The van der Waals surface area contributed by atoms with Gasteiger partial charge in [-0.3, -0.25) is 0 Å². The second-order valence-electron chi connectivity index (χ2n) is 4.94. The molecule has 1 unspecified atom stereocenters. The summed E-state index contributed by atoms with van der Waals surface area (Å²) in [7, 11) is -0.198. The molecule has 0 aliphatic rings. The Kier molecular flexibility index (Phi) is 5.85. The van der Waals surface area contributed by atoms with Gasteiger partial charge < -0.3 is 14.7 Å². The van der Waals surface area contributed by atoms with Crippen LogP contribution in [-0.2, 0) is 6.42 Å². The van der Waals surface area contributed by atoms with Gasteiger partial charge in [0.25, 0.3) is 0 Å². The van der Waals surface area contributed by atoms with Crippen LogP contribution in [0.25, 0.3) is 0 Å². The van der Waals surface area contributed by atoms with Crippen LogP contribution in [0.2, 0.25) is 0 Å². The van der Waals surface area contributed by atoms with E-state index in [0.717, 1.165) is 15.7 Å². The topological polar surface area (TPSA) is 49.7 Å². The van der Waals surface area contributed by atoms with Crippen molar-refractivity contribution in [1.82, 2.24) is 0 Å². The first-order chi connectivity index (χ1) is 10.0. The number of rotatable bonds is 5. The minimum absolute atomic E-state index is 0.198. The summed E-state index contributed by atoms with van der Waals surface area (Å²) in [5.74, 6) is 1.12. The number of phenols is 1. The predicted molar refractivity (Wildman–Crippen MR) is 95.6 cm³/mol. The number of aromatic hydroxyl groups is 1. The maximum absolute atomic E-state index is 9.59. The van der Waals surface area contributed by atoms with Gasteiger partial charge in [0, 0.05) is 8.81 Å². The van der Waals surface area contributed by atoms with Crippen molar-refractivity contribution >= 4 is 31.4 Å². The fourth-order valence-electron chi connectivity index (χ4n) is 2.30. The Hall–Kier alpha value is -0.840. The van der Waals surface area contributed by atoms with E-state index in [4.69, 9.17) is 9.63 Å². The molecule has 1 atom stereocenters. The third-order valence-electron chi connectivity index (χ3n) is 3.37. The molecule has 3 nitrogen and oxygen atoms in total. The smallest absolute Gasteiger partial charge is 0.129 e. The molecule has 0 fully saturated rings. The van der Waals surface area contributed by atoms with E-state index in [0.29, 0.717) is 12.1 Å². The molecule has 0 saturated carbocycles. The molecule has 2 aromatic rings. The van der Waals surface area contributed by atoms with E-state index < -0.39 is 0 Å². The van der Waals surface area contributed by atoms with Crippen LogP contribution in [0, 0.1) is 17.4 Å². The average Bonchev–Trinajstić information content (AvgIpc) is 2.44. The van der Waals surface area contributed by atoms with Crippen molar-refractivity contribution in [1.29, 1.82) is 0 Å². The summed E-state index contributed by atoms with van der Waals surface area (Å²) in [6.07, 6.45) is 1.17. The first-order valence-electron chi connectivity index (χ1n) is 6.58. The van der Waals surface area contributed by atoms with Crippen LogP contribution >= 0.6 is 31.4 Å². The molecule has 0 amide bonds. The summed E-state index contributed by atoms with van der Waals surface area (Å²) in [5, 5.41) is 9.59. The molecule has 5 heteroatoms. The van der Waals surface area contributed by atoms with Crippen LogP contribution in [0.3, 0.4) is 0 Å². The van der Waals surface area contributed by atoms with Crippen molar-refractivity contribution in [2.45, 2.75) is 20.3 Å². The second kappa shape index (κ2) is 7.43. The molecule has 0 spiro atoms. The maximum atomic E-state index is 9.59. The van der Waals surface area contributed by atoms with E-state index in [1.165, 1.54) is 22.3 Å². The maximum Gasteiger partial charge on any atom is 0.129 e. The van der Waals surface area contributed by atoms with Crippen LogP contribution < -0.4 is 4.74 Å². The molecule has 0 saturated heterocycles. The zero-order chi connectivity index (χ0) is 15.4. The highest BCUT2D eigenvalue weighted by atomic mass is 127. The van der Waals surface area contributed by atoms with E-state index >= 15 is 0 Å². The van der Waals surface area contributed by atoms with Crippen molar-refractivity contribution in [2.75, 3.05) is 6.35 Å². The minimum Gasteiger partial charge on any atom is -0.507 e. The Morgan fingerprint density at radius 2 is 1.81 bits per heavy atom. The van der Waals surface area contributed by atoms with Crippen LogP contribution in [-0.4, -0.2) is 16.3 Å². The molecule has 2 N–H and O–H groups in total. The van der Waals surface area contributed by atoms with Gasteiger partial charge in [0.1, 0.15) is 17.8 Å². The number of hydrogen-bond donors (Lipinski definition) is 2. The molecule has 0 bridgehead atoms. The lowest BCUT2D eigenvalue weighted by molar-refractivity contribution is 0.379. The quantitative estimate of drug-likeness (QED) is 0.570. The number of aryl methyl sites for hydroxylation is 2. The number of ether oxygens (including phenoxy) is 1. The van der Waals surface area contributed by atoms with Gasteiger partial charge in [-0.05, 0) is 89.4 Å². The third-order valence-corrected chi connectivity index (χ3v) is 4.50. The standard InChI is InChI=1S/C16H18IO3P/c1-10-5-13(20-9-21-19)6-11(2)14(10)7-12-3-4-16(18)15(17)8-12/h3-6,8,18-19,21H,7,9H2,1-2H3. The first-order valence-corrected chi connectivity index (χ1v) is 8.82. The van der Waals surface area contributed by atoms with Crippen molar-refractivity contribution < 1.29 is 14.7 Å². The predicted octanol–water partition coefficient (Wildman–Crippen LogP) is 4.13. The molecule has 0 aliphatic heterocycles. The van der Waals surface area contributed by atoms with Crippen molar-refractivity contribution in [3.63, 3.8) is 0 Å². The zero-order valence-corrected chi connectivity index (χ0v) is 15.1. The molecule has 2 rings (SSSR count). The monoisotopic (exact) mass is 416 g/mol. The second-order valence-corrected chi connectivity index (χ2v) is 6.71. The summed E-state index contributed by atoms with van der Waals surface area (Å²) in [6.45, 7) is 4.14. The molecule has 112 valence electrons. The van der Waals surface area contributed by atoms with E-state index in [1.807, 2.05) is 24.3 Å². The van der Waals surface area contributed by atoms with Crippen molar-refractivity contribution in [3.05, 3.63) is 56.2 Å². The van der Waals surface area contributed by atoms with Crippen LogP contribution in [0.5, 0.6) is 11.5 Å². The lowest BCUT2D eigenvalue weighted by Gasteiger charge is -2.14. The highest BCUT2D eigenvalue weighted by Gasteiger charge is 2.08. The molecular formula is C16H18IO3P. The molecule has 0 aliphatic carbocycles. The Morgan fingerprint density at radius 3 is 2.38 bits per heavy atom. The molecule has 0 radical (unpaired) electrons. The SMILES string of the molecule is Cc1cc(OCPO)cc(C)c1Cc1ccc(O)c(I)c1. The first kappa shape index (κ1) is 16.5. The van der Waals surface area contributed by atoms with E-state index in [9.17, 15) is 5.11 Å². The summed E-state index contributed by atoms with van der Waals surface area (Å²) in [5.41, 5.74) is 4.80. The Bertz CT molecular complexity index is 620. The van der Waals surface area contributed by atoms with Gasteiger partial charge in [-0.25, -0.2) is 0 Å². The molecule has 2 aromatic carbocycles. The highest BCUT2D eigenvalue weighted by Crippen LogP contribution is 2.27. The fraction of sp³-hybridized carbons (Fsp3) is 0.250. The van der Waals surface area contributed by atoms with Gasteiger partial charge in [-0.2, -0.15) is 0 Å². The van der Waals surface area contributed by atoms with E-state index in [-0.39, 0.29) is 8.81 Å². The van der Waals surface area contributed by atoms with Gasteiger partial charge in [0.15, 0.2) is 0 Å². The summed E-state index contributed by atoms with van der Waals surface area (Å²) < 4.78 is 6.35. The highest BCUT2D eigenvalue weighted by molar-refractivity contribution is 14.1. The molecule has 0 heterocycles. The van der Waals surface area contributed by atoms with Crippen LogP contribution in [0.15, 0.2) is 30.3 Å². The third kappa shape index (κ3) is 4.31. The van der Waals surface area contributed by atoms with E-state index in [1.54, 1.807) is 6.07 Å². The summed E-state index contributed by atoms with van der Waals surface area (Å²) in [6, 6.07) is 9.71. The zero-order valence-electron chi connectivity index (χ0n) is 12.0. The van der Waals surface area contributed by atoms with Crippen molar-refractivity contribution in [2.24, 2.45) is 0 Å². The number of halogens is 1. The van der Waals surface area contributed by atoms with Gasteiger partial charge >= 0.3 is 0 Å². The van der Waals surface area contributed by atoms with Gasteiger partial charge in [-0.15, -0.1) is 0 Å². The molecule has 21 heavy (non-hydrogen) atoms. The van der Waals surface area contributed by atoms with Crippen molar-refractivity contribution in [3.8, 4) is 11.5 Å². The Balaban J connectivity index is 2.25. The van der Waals surface area contributed by atoms with Crippen LogP contribution in [0.1, 0.15) is 22.3 Å². The summed E-state index contributed by atoms with van der Waals surface area (Å²) >= 11 is 2.14. The van der Waals surface area contributed by atoms with Gasteiger partial charge in [-0.1, -0.05) is 6.07 Å². The largest absolute Gasteiger partial charge is 0.507 e. The number of phenolic OH excluding ortho intramolecular Hbond substituents is 1.